The summed E-state index contributed by atoms with van der Waals surface area (Å²) in [5.74, 6) is 1.55. The van der Waals surface area contributed by atoms with Crippen LogP contribution >= 0.6 is 0 Å². The SMILES string of the molecule is [2H][C@]12Cc3ccc(OC)c4c3[C@@]3(CCN1C)C(O4)C(O)C=C[C@H]32. The van der Waals surface area contributed by atoms with Crippen LogP contribution in [-0.4, -0.2) is 48.9 Å². The fourth-order valence-electron chi connectivity index (χ4n) is 5.12. The molecule has 1 aromatic carbocycles. The minimum absolute atomic E-state index is 0.0306. The first kappa shape index (κ1) is 12.0. The molecule has 4 nitrogen and oxygen atoms in total. The molecule has 22 heavy (non-hydrogen) atoms. The Balaban J connectivity index is 1.85. The molecular formula is C18H21NO3. The van der Waals surface area contributed by atoms with Crippen molar-refractivity contribution in [2.24, 2.45) is 5.92 Å². The van der Waals surface area contributed by atoms with Crippen LogP contribution in [0.1, 0.15) is 18.9 Å². The highest BCUT2D eigenvalue weighted by molar-refractivity contribution is 5.62. The Morgan fingerprint density at radius 1 is 1.45 bits per heavy atom. The number of nitrogens with zero attached hydrogens (tertiary/aromatic N) is 1. The number of benzene rings is 1. The average Bonchev–Trinajstić information content (AvgIpc) is 2.89. The minimum atomic E-state index is -0.681. The van der Waals surface area contributed by atoms with Crippen LogP contribution in [0.5, 0.6) is 11.5 Å². The van der Waals surface area contributed by atoms with Crippen molar-refractivity contribution in [3.8, 4) is 11.5 Å². The van der Waals surface area contributed by atoms with Crippen LogP contribution in [0.15, 0.2) is 24.3 Å². The quantitative estimate of drug-likeness (QED) is 0.798. The number of likely N-dealkylation sites (N-methyl/N-ethyl adjacent to an activating group) is 1. The van der Waals surface area contributed by atoms with Gasteiger partial charge in [0.15, 0.2) is 11.5 Å². The molecule has 2 aliphatic heterocycles. The Labute approximate surface area is 131 Å². The number of ether oxygens (including phenoxy) is 2. The highest BCUT2D eigenvalue weighted by Crippen LogP contribution is 2.62. The maximum absolute atomic E-state index is 10.6. The van der Waals surface area contributed by atoms with E-state index in [0.717, 1.165) is 24.5 Å². The molecule has 4 heteroatoms. The predicted octanol–water partition coefficient (Wildman–Crippen LogP) is 1.50. The lowest BCUT2D eigenvalue weighted by Gasteiger charge is -2.56. The fraction of sp³-hybridized carbons (Fsp3) is 0.556. The summed E-state index contributed by atoms with van der Waals surface area (Å²) in [6.45, 7) is 0.844. The van der Waals surface area contributed by atoms with Gasteiger partial charge in [0.1, 0.15) is 12.2 Å². The van der Waals surface area contributed by atoms with Gasteiger partial charge < -0.3 is 19.5 Å². The topological polar surface area (TPSA) is 41.9 Å². The zero-order chi connectivity index (χ0) is 16.0. The van der Waals surface area contributed by atoms with Crippen LogP contribution < -0.4 is 9.47 Å². The standard InChI is InChI=1S/C18H21NO3/c1-19-8-7-18-11-4-5-13(20)17(18)22-16-14(21-2)6-3-10(15(16)18)9-12(11)19/h3-6,11-13,17,20H,7-9H2,1-2H3/t11-,12+,13?,17?,18-/m0/s1/i12D. The first-order valence-electron chi connectivity index (χ1n) is 8.47. The van der Waals surface area contributed by atoms with E-state index >= 15 is 0 Å². The molecule has 116 valence electrons. The molecule has 0 radical (unpaired) electrons. The smallest absolute Gasteiger partial charge is 0.165 e. The third kappa shape index (κ3) is 1.28. The third-order valence-electron chi connectivity index (χ3n) is 6.09. The molecule has 2 aliphatic carbocycles. The normalized spacial score (nSPS) is 45.0. The van der Waals surface area contributed by atoms with E-state index in [0.29, 0.717) is 6.42 Å². The number of aliphatic hydroxyl groups is 1. The van der Waals surface area contributed by atoms with Crippen molar-refractivity contribution in [2.45, 2.75) is 36.5 Å². The second-order valence-corrected chi connectivity index (χ2v) is 6.90. The number of likely N-dealkylation sites (tertiary alicyclic amines) is 1. The second kappa shape index (κ2) is 4.06. The Kier molecular flexibility index (Phi) is 2.21. The lowest BCUT2D eigenvalue weighted by atomic mass is 9.53. The van der Waals surface area contributed by atoms with Gasteiger partial charge in [-0.2, -0.15) is 0 Å². The number of rotatable bonds is 1. The minimum Gasteiger partial charge on any atom is -0.493 e. The summed E-state index contributed by atoms with van der Waals surface area (Å²) in [4.78, 5) is 2.16. The largest absolute Gasteiger partial charge is 0.493 e. The zero-order valence-corrected chi connectivity index (χ0v) is 12.9. The van der Waals surface area contributed by atoms with Gasteiger partial charge in [0.05, 0.1) is 7.11 Å². The van der Waals surface area contributed by atoms with E-state index in [-0.39, 0.29) is 17.4 Å². The molecule has 1 N–H and O–H groups in total. The highest BCUT2D eigenvalue weighted by atomic mass is 16.5. The number of hydrogen-bond donors (Lipinski definition) is 1. The van der Waals surface area contributed by atoms with E-state index in [1.165, 1.54) is 11.1 Å². The molecular weight excluding hydrogens is 278 g/mol. The van der Waals surface area contributed by atoms with Gasteiger partial charge >= 0.3 is 0 Å². The van der Waals surface area contributed by atoms with E-state index in [1.807, 2.05) is 19.2 Å². The van der Waals surface area contributed by atoms with E-state index < -0.39 is 12.1 Å². The Morgan fingerprint density at radius 2 is 2.32 bits per heavy atom. The van der Waals surface area contributed by atoms with Gasteiger partial charge in [0, 0.05) is 24.3 Å². The third-order valence-corrected chi connectivity index (χ3v) is 6.09. The van der Waals surface area contributed by atoms with Gasteiger partial charge in [-0.15, -0.1) is 0 Å². The van der Waals surface area contributed by atoms with Gasteiger partial charge in [-0.1, -0.05) is 18.2 Å². The summed E-state index contributed by atoms with van der Waals surface area (Å²) in [7, 11) is 3.69. The first-order chi connectivity index (χ1) is 11.0. The molecule has 0 aromatic heterocycles. The lowest BCUT2D eigenvalue weighted by Crippen LogP contribution is -2.64. The molecule has 1 fully saturated rings. The van der Waals surface area contributed by atoms with Crippen molar-refractivity contribution in [1.82, 2.24) is 4.90 Å². The summed E-state index contributed by atoms with van der Waals surface area (Å²) in [5.41, 5.74) is 2.05. The molecule has 1 saturated heterocycles. The predicted molar refractivity (Wildman–Crippen MR) is 82.5 cm³/mol. The first-order valence-corrected chi connectivity index (χ1v) is 7.97. The molecule has 1 aromatic rings. The van der Waals surface area contributed by atoms with Gasteiger partial charge in [-0.05, 0) is 38.1 Å². The van der Waals surface area contributed by atoms with Crippen molar-refractivity contribution in [3.63, 3.8) is 0 Å². The summed E-state index contributed by atoms with van der Waals surface area (Å²) < 4.78 is 21.0. The van der Waals surface area contributed by atoms with Crippen molar-refractivity contribution in [1.29, 1.82) is 0 Å². The van der Waals surface area contributed by atoms with E-state index in [9.17, 15) is 6.48 Å². The Hall–Kier alpha value is -1.52. The van der Waals surface area contributed by atoms with Crippen molar-refractivity contribution in [2.75, 3.05) is 20.7 Å². The monoisotopic (exact) mass is 300 g/mol. The average molecular weight is 300 g/mol. The number of hydrogen-bond acceptors (Lipinski definition) is 4. The maximum atomic E-state index is 10.6. The van der Waals surface area contributed by atoms with E-state index in [4.69, 9.17) is 9.47 Å². The number of methoxy groups -OCH3 is 1. The summed E-state index contributed by atoms with van der Waals surface area (Å²) in [5, 5.41) is 10.6. The lowest BCUT2D eigenvalue weighted by molar-refractivity contribution is -0.0453. The molecule has 2 bridgehead atoms. The van der Waals surface area contributed by atoms with Crippen LogP contribution in [0.3, 0.4) is 0 Å². The van der Waals surface area contributed by atoms with Crippen molar-refractivity contribution in [3.05, 3.63) is 35.4 Å². The van der Waals surface area contributed by atoms with Crippen molar-refractivity contribution >= 4 is 0 Å². The molecule has 5 atom stereocenters. The second-order valence-electron chi connectivity index (χ2n) is 6.90. The molecule has 4 aliphatic rings. The van der Waals surface area contributed by atoms with Gasteiger partial charge in [0.2, 0.25) is 0 Å². The summed E-state index contributed by atoms with van der Waals surface area (Å²) in [6.07, 6.45) is 4.50. The summed E-state index contributed by atoms with van der Waals surface area (Å²) >= 11 is 0. The molecule has 2 unspecified atom stereocenters. The number of piperidine rings is 1. The molecule has 2 heterocycles. The van der Waals surface area contributed by atoms with Crippen LogP contribution in [0.4, 0.5) is 0 Å². The molecule has 5 rings (SSSR count). The molecule has 1 spiro atoms. The van der Waals surface area contributed by atoms with Crippen LogP contribution in [0.25, 0.3) is 0 Å². The van der Waals surface area contributed by atoms with Gasteiger partial charge in [-0.25, -0.2) is 0 Å². The molecule has 0 amide bonds. The zero-order valence-electron chi connectivity index (χ0n) is 13.9. The van der Waals surface area contributed by atoms with E-state index in [2.05, 4.69) is 17.0 Å². The molecule has 0 saturated carbocycles. The van der Waals surface area contributed by atoms with Gasteiger partial charge in [0.25, 0.3) is 0 Å². The Morgan fingerprint density at radius 3 is 3.14 bits per heavy atom. The van der Waals surface area contributed by atoms with Crippen LogP contribution in [-0.2, 0) is 11.8 Å². The van der Waals surface area contributed by atoms with E-state index in [1.54, 1.807) is 7.11 Å². The van der Waals surface area contributed by atoms with Crippen LogP contribution in [0, 0.1) is 5.92 Å². The van der Waals surface area contributed by atoms with Crippen LogP contribution in [0.2, 0.25) is 0 Å². The highest BCUT2D eigenvalue weighted by Gasteiger charge is 2.64. The van der Waals surface area contributed by atoms with Gasteiger partial charge in [-0.3, -0.25) is 0 Å². The Bertz CT molecular complexity index is 735. The van der Waals surface area contributed by atoms with Crippen molar-refractivity contribution < 1.29 is 16.0 Å². The maximum Gasteiger partial charge on any atom is 0.165 e. The summed E-state index contributed by atoms with van der Waals surface area (Å²) in [6, 6.07) is 3.33. The number of aliphatic hydroxyl groups excluding tert-OH is 1. The fourth-order valence-corrected chi connectivity index (χ4v) is 5.12.